The predicted molar refractivity (Wildman–Crippen MR) is 91.9 cm³/mol. The number of halogens is 1. The Morgan fingerprint density at radius 3 is 2.64 bits per heavy atom. The molecule has 25 heavy (non-hydrogen) atoms. The maximum Gasteiger partial charge on any atom is 0.287 e. The van der Waals surface area contributed by atoms with Crippen LogP contribution in [0, 0.1) is 0 Å². The first-order valence-electron chi connectivity index (χ1n) is 7.54. The van der Waals surface area contributed by atoms with E-state index in [1.165, 1.54) is 12.5 Å². The lowest BCUT2D eigenvalue weighted by Crippen LogP contribution is -2.34. The first kappa shape index (κ1) is 16.8. The maximum atomic E-state index is 12.1. The summed E-state index contributed by atoms with van der Waals surface area (Å²) in [5, 5.41) is 10.1. The van der Waals surface area contributed by atoms with Gasteiger partial charge in [-0.05, 0) is 30.3 Å². The number of rotatable bonds is 6. The largest absolute Gasteiger partial charge is 0.459 e. The van der Waals surface area contributed by atoms with Crippen LogP contribution in [0.25, 0.3) is 5.69 Å². The molecule has 0 aliphatic carbocycles. The third-order valence-electron chi connectivity index (χ3n) is 3.36. The minimum atomic E-state index is -0.326. The van der Waals surface area contributed by atoms with E-state index in [9.17, 15) is 9.59 Å². The van der Waals surface area contributed by atoms with Crippen molar-refractivity contribution in [2.45, 2.75) is 0 Å². The summed E-state index contributed by atoms with van der Waals surface area (Å²) in [4.78, 5) is 23.8. The molecule has 0 spiro atoms. The van der Waals surface area contributed by atoms with Crippen molar-refractivity contribution in [2.75, 3.05) is 13.1 Å². The topological polar surface area (TPSA) is 89.2 Å². The zero-order chi connectivity index (χ0) is 17.6. The molecule has 128 valence electrons. The Morgan fingerprint density at radius 1 is 1.12 bits per heavy atom. The van der Waals surface area contributed by atoms with E-state index in [0.29, 0.717) is 10.6 Å². The van der Waals surface area contributed by atoms with Gasteiger partial charge in [0.2, 0.25) is 0 Å². The van der Waals surface area contributed by atoms with Crippen LogP contribution in [0.1, 0.15) is 20.9 Å². The lowest BCUT2D eigenvalue weighted by atomic mass is 10.3. The Kier molecular flexibility index (Phi) is 5.15. The van der Waals surface area contributed by atoms with Gasteiger partial charge in [0, 0.05) is 24.3 Å². The fourth-order valence-electron chi connectivity index (χ4n) is 2.15. The van der Waals surface area contributed by atoms with Gasteiger partial charge >= 0.3 is 0 Å². The van der Waals surface area contributed by atoms with Crippen molar-refractivity contribution in [3.8, 4) is 5.69 Å². The number of carbonyl (C=O) groups is 2. The number of hydrogen-bond acceptors (Lipinski definition) is 4. The van der Waals surface area contributed by atoms with E-state index in [-0.39, 0.29) is 30.7 Å². The van der Waals surface area contributed by atoms with Gasteiger partial charge in [0.15, 0.2) is 5.76 Å². The van der Waals surface area contributed by atoms with Crippen LogP contribution in [0.3, 0.4) is 0 Å². The zero-order valence-corrected chi connectivity index (χ0v) is 13.9. The first-order valence-corrected chi connectivity index (χ1v) is 7.92. The van der Waals surface area contributed by atoms with Gasteiger partial charge in [-0.15, -0.1) is 0 Å². The van der Waals surface area contributed by atoms with Crippen LogP contribution in [0.4, 0.5) is 0 Å². The molecule has 7 nitrogen and oxygen atoms in total. The number of hydrogen-bond donors (Lipinski definition) is 2. The minimum Gasteiger partial charge on any atom is -0.459 e. The quantitative estimate of drug-likeness (QED) is 0.661. The second-order valence-electron chi connectivity index (χ2n) is 5.14. The zero-order valence-electron chi connectivity index (χ0n) is 13.1. The van der Waals surface area contributed by atoms with Crippen molar-refractivity contribution in [1.82, 2.24) is 20.4 Å². The van der Waals surface area contributed by atoms with E-state index < -0.39 is 0 Å². The maximum absolute atomic E-state index is 12.1. The summed E-state index contributed by atoms with van der Waals surface area (Å²) in [6, 6.07) is 10.4. The molecule has 0 aliphatic heterocycles. The highest BCUT2D eigenvalue weighted by molar-refractivity contribution is 6.30. The summed E-state index contributed by atoms with van der Waals surface area (Å²) in [5.41, 5.74) is 1.18. The molecule has 2 aromatic heterocycles. The van der Waals surface area contributed by atoms with E-state index in [0.717, 1.165) is 5.69 Å². The van der Waals surface area contributed by atoms with Gasteiger partial charge in [0.1, 0.15) is 0 Å². The normalized spacial score (nSPS) is 10.4. The number of nitrogens with one attached hydrogen (secondary N) is 2. The smallest absolute Gasteiger partial charge is 0.287 e. The average Bonchev–Trinajstić information content (AvgIpc) is 3.30. The van der Waals surface area contributed by atoms with Crippen molar-refractivity contribution in [2.24, 2.45) is 0 Å². The molecular formula is C17H15ClN4O3. The molecular weight excluding hydrogens is 344 g/mol. The van der Waals surface area contributed by atoms with Crippen LogP contribution in [-0.4, -0.2) is 34.7 Å². The Balaban J connectivity index is 1.50. The van der Waals surface area contributed by atoms with Crippen LogP contribution in [-0.2, 0) is 0 Å². The predicted octanol–water partition coefficient (Wildman–Crippen LogP) is 2.28. The highest BCUT2D eigenvalue weighted by Crippen LogP contribution is 2.14. The molecule has 0 unspecified atom stereocenters. The molecule has 2 heterocycles. The molecule has 3 aromatic rings. The van der Waals surface area contributed by atoms with E-state index in [2.05, 4.69) is 15.7 Å². The monoisotopic (exact) mass is 358 g/mol. The fraction of sp³-hybridized carbons (Fsp3) is 0.118. The summed E-state index contributed by atoms with van der Waals surface area (Å²) in [7, 11) is 0. The van der Waals surface area contributed by atoms with E-state index in [4.69, 9.17) is 16.0 Å². The highest BCUT2D eigenvalue weighted by Gasteiger charge is 2.10. The second kappa shape index (κ2) is 7.67. The molecule has 0 radical (unpaired) electrons. The van der Waals surface area contributed by atoms with E-state index in [1.54, 1.807) is 41.2 Å². The number of aromatic nitrogens is 2. The second-order valence-corrected chi connectivity index (χ2v) is 5.58. The van der Waals surface area contributed by atoms with Crippen molar-refractivity contribution in [3.63, 3.8) is 0 Å². The molecule has 0 saturated carbocycles. The Morgan fingerprint density at radius 2 is 1.92 bits per heavy atom. The molecule has 3 rings (SSSR count). The van der Waals surface area contributed by atoms with Gasteiger partial charge in [-0.2, -0.15) is 5.10 Å². The third-order valence-corrected chi connectivity index (χ3v) is 3.59. The molecule has 1 aromatic carbocycles. The van der Waals surface area contributed by atoms with Crippen molar-refractivity contribution in [1.29, 1.82) is 0 Å². The Bertz CT molecular complexity index is 874. The number of benzene rings is 1. The first-order chi connectivity index (χ1) is 12.1. The number of carbonyl (C=O) groups excluding carboxylic acids is 2. The molecule has 2 amide bonds. The summed E-state index contributed by atoms with van der Waals surface area (Å²) in [6.07, 6.45) is 4.51. The van der Waals surface area contributed by atoms with Crippen molar-refractivity contribution >= 4 is 23.4 Å². The SMILES string of the molecule is O=C(NCCNC(=O)c1ccco1)c1cnn(-c2cccc(Cl)c2)c1. The molecule has 0 atom stereocenters. The molecule has 0 aliphatic rings. The number of furan rings is 1. The van der Waals surface area contributed by atoms with Gasteiger partial charge in [0.05, 0.1) is 23.7 Å². The fourth-order valence-corrected chi connectivity index (χ4v) is 2.33. The van der Waals surface area contributed by atoms with Crippen LogP contribution < -0.4 is 10.6 Å². The summed E-state index contributed by atoms with van der Waals surface area (Å²) in [5.74, 6) is -0.373. The van der Waals surface area contributed by atoms with Crippen molar-refractivity contribution < 1.29 is 14.0 Å². The number of nitrogens with zero attached hydrogens (tertiary/aromatic N) is 2. The third kappa shape index (κ3) is 4.27. The summed E-state index contributed by atoms with van der Waals surface area (Å²) in [6.45, 7) is 0.571. The van der Waals surface area contributed by atoms with Gasteiger partial charge in [0.25, 0.3) is 11.8 Å². The van der Waals surface area contributed by atoms with Crippen LogP contribution >= 0.6 is 11.6 Å². The molecule has 8 heteroatoms. The van der Waals surface area contributed by atoms with Crippen LogP contribution in [0.5, 0.6) is 0 Å². The summed E-state index contributed by atoms with van der Waals surface area (Å²) >= 11 is 5.95. The average molecular weight is 359 g/mol. The van der Waals surface area contributed by atoms with E-state index in [1.807, 2.05) is 6.07 Å². The summed E-state index contributed by atoms with van der Waals surface area (Å²) < 4.78 is 6.55. The van der Waals surface area contributed by atoms with Crippen LogP contribution in [0.15, 0.2) is 59.5 Å². The van der Waals surface area contributed by atoms with Crippen molar-refractivity contribution in [3.05, 3.63) is 71.4 Å². The van der Waals surface area contributed by atoms with Gasteiger partial charge in [-0.3, -0.25) is 9.59 Å². The van der Waals surface area contributed by atoms with Gasteiger partial charge in [-0.25, -0.2) is 4.68 Å². The standard InChI is InChI=1S/C17H15ClN4O3/c18-13-3-1-4-14(9-13)22-11-12(10-21-22)16(23)19-6-7-20-17(24)15-5-2-8-25-15/h1-5,8-11H,6-7H2,(H,19,23)(H,20,24). The minimum absolute atomic E-state index is 0.231. The highest BCUT2D eigenvalue weighted by atomic mass is 35.5. The molecule has 2 N–H and O–H groups in total. The Hall–Kier alpha value is -3.06. The molecule has 0 bridgehead atoms. The van der Waals surface area contributed by atoms with Gasteiger partial charge in [-0.1, -0.05) is 17.7 Å². The number of amides is 2. The van der Waals surface area contributed by atoms with Gasteiger partial charge < -0.3 is 15.1 Å². The molecule has 0 saturated heterocycles. The van der Waals surface area contributed by atoms with E-state index >= 15 is 0 Å². The van der Waals surface area contributed by atoms with Crippen LogP contribution in [0.2, 0.25) is 5.02 Å². The lowest BCUT2D eigenvalue weighted by molar-refractivity contribution is 0.0910. The molecule has 0 fully saturated rings. The Labute approximate surface area is 148 Å². The lowest BCUT2D eigenvalue weighted by Gasteiger charge is -2.05.